The van der Waals surface area contributed by atoms with E-state index < -0.39 is 11.9 Å². The number of aryl methyl sites for hydroxylation is 1. The van der Waals surface area contributed by atoms with Gasteiger partial charge in [0.05, 0.1) is 11.6 Å². The number of rotatable bonds is 6. The Labute approximate surface area is 120 Å². The van der Waals surface area contributed by atoms with Crippen LogP contribution in [-0.2, 0) is 11.2 Å². The minimum atomic E-state index is -0.850. The van der Waals surface area contributed by atoms with Crippen molar-refractivity contribution in [3.8, 4) is 0 Å². The van der Waals surface area contributed by atoms with Gasteiger partial charge in [-0.2, -0.15) is 0 Å². The van der Waals surface area contributed by atoms with E-state index in [-0.39, 0.29) is 0 Å². The molecule has 2 aromatic rings. The second-order valence-electron chi connectivity index (χ2n) is 4.16. The molecule has 2 aromatic heterocycles. The van der Waals surface area contributed by atoms with Crippen molar-refractivity contribution in [2.75, 3.05) is 0 Å². The zero-order chi connectivity index (χ0) is 13.7. The average molecular weight is 297 g/mol. The highest BCUT2D eigenvalue weighted by Crippen LogP contribution is 2.26. The van der Waals surface area contributed by atoms with E-state index in [1.807, 2.05) is 12.1 Å². The van der Waals surface area contributed by atoms with Gasteiger partial charge in [0.2, 0.25) is 0 Å². The number of carboxylic acids is 1. The van der Waals surface area contributed by atoms with Crippen LogP contribution in [0.25, 0.3) is 0 Å². The standard InChI is InChI=1S/C13H13ClN2O2S/c14-13-16-11(8-19-13)10(12(17)18)3-1-2-9-4-6-15-7-5-9/h4-8,10H,1-3H2,(H,17,18). The number of aliphatic carboxylic acids is 1. The van der Waals surface area contributed by atoms with Crippen LogP contribution in [0.1, 0.15) is 30.0 Å². The highest BCUT2D eigenvalue weighted by atomic mass is 35.5. The molecule has 0 aromatic carbocycles. The number of halogens is 1. The van der Waals surface area contributed by atoms with Crippen LogP contribution < -0.4 is 0 Å². The summed E-state index contributed by atoms with van der Waals surface area (Å²) in [4.78, 5) is 19.3. The van der Waals surface area contributed by atoms with Crippen LogP contribution in [-0.4, -0.2) is 21.0 Å². The summed E-state index contributed by atoms with van der Waals surface area (Å²) >= 11 is 7.01. The van der Waals surface area contributed by atoms with Gasteiger partial charge in [-0.15, -0.1) is 11.3 Å². The maximum Gasteiger partial charge on any atom is 0.312 e. The van der Waals surface area contributed by atoms with E-state index in [0.717, 1.165) is 18.4 Å². The van der Waals surface area contributed by atoms with E-state index in [0.29, 0.717) is 16.6 Å². The highest BCUT2D eigenvalue weighted by molar-refractivity contribution is 7.14. The minimum absolute atomic E-state index is 0.385. The van der Waals surface area contributed by atoms with E-state index >= 15 is 0 Å². The molecule has 100 valence electrons. The molecule has 0 amide bonds. The molecule has 0 aliphatic rings. The fourth-order valence-corrected chi connectivity index (χ4v) is 2.71. The number of carbonyl (C=O) groups is 1. The fourth-order valence-electron chi connectivity index (χ4n) is 1.88. The molecule has 1 unspecified atom stereocenters. The number of hydrogen-bond donors (Lipinski definition) is 1. The Morgan fingerprint density at radius 3 is 2.74 bits per heavy atom. The lowest BCUT2D eigenvalue weighted by Gasteiger charge is -2.09. The fraction of sp³-hybridized carbons (Fsp3) is 0.308. The first-order valence-corrected chi connectivity index (χ1v) is 7.15. The van der Waals surface area contributed by atoms with Crippen molar-refractivity contribution in [3.05, 3.63) is 45.6 Å². The Morgan fingerprint density at radius 2 is 2.16 bits per heavy atom. The predicted octanol–water partition coefficient (Wildman–Crippen LogP) is 3.38. The molecule has 0 bridgehead atoms. The molecule has 0 spiro atoms. The molecular weight excluding hydrogens is 284 g/mol. The van der Waals surface area contributed by atoms with Crippen molar-refractivity contribution in [2.24, 2.45) is 0 Å². The molecule has 19 heavy (non-hydrogen) atoms. The number of carboxylic acid groups (broad SMARTS) is 1. The van der Waals surface area contributed by atoms with E-state index in [1.165, 1.54) is 11.3 Å². The SMILES string of the molecule is O=C(O)C(CCCc1ccncc1)c1csc(Cl)n1. The van der Waals surface area contributed by atoms with Gasteiger partial charge in [-0.1, -0.05) is 11.6 Å². The highest BCUT2D eigenvalue weighted by Gasteiger charge is 2.22. The minimum Gasteiger partial charge on any atom is -0.481 e. The molecule has 2 rings (SSSR count). The second kappa shape index (κ2) is 6.63. The topological polar surface area (TPSA) is 63.1 Å². The predicted molar refractivity (Wildman–Crippen MR) is 74.7 cm³/mol. The lowest BCUT2D eigenvalue weighted by molar-refractivity contribution is -0.139. The Kier molecular flexibility index (Phi) is 4.87. The van der Waals surface area contributed by atoms with Crippen molar-refractivity contribution < 1.29 is 9.90 Å². The zero-order valence-corrected chi connectivity index (χ0v) is 11.7. The molecule has 0 saturated carbocycles. The van der Waals surface area contributed by atoms with Gasteiger partial charge in [0.1, 0.15) is 0 Å². The third kappa shape index (κ3) is 4.01. The van der Waals surface area contributed by atoms with E-state index in [9.17, 15) is 9.90 Å². The summed E-state index contributed by atoms with van der Waals surface area (Å²) in [6.45, 7) is 0. The molecular formula is C13H13ClN2O2S. The van der Waals surface area contributed by atoms with Crippen molar-refractivity contribution in [1.82, 2.24) is 9.97 Å². The molecule has 2 heterocycles. The number of aromatic nitrogens is 2. The first kappa shape index (κ1) is 14.0. The van der Waals surface area contributed by atoms with Gasteiger partial charge in [0, 0.05) is 17.8 Å². The van der Waals surface area contributed by atoms with Crippen LogP contribution in [0.3, 0.4) is 0 Å². The van der Waals surface area contributed by atoms with E-state index in [2.05, 4.69) is 9.97 Å². The summed E-state index contributed by atoms with van der Waals surface area (Å²) in [5.41, 5.74) is 1.72. The molecule has 1 N–H and O–H groups in total. The van der Waals surface area contributed by atoms with Crippen LogP contribution in [0, 0.1) is 0 Å². The first-order valence-electron chi connectivity index (χ1n) is 5.89. The monoisotopic (exact) mass is 296 g/mol. The average Bonchev–Trinajstić information content (AvgIpc) is 2.82. The van der Waals surface area contributed by atoms with Gasteiger partial charge in [-0.05, 0) is 37.0 Å². The third-order valence-electron chi connectivity index (χ3n) is 2.86. The van der Waals surface area contributed by atoms with Crippen molar-refractivity contribution in [3.63, 3.8) is 0 Å². The Hall–Kier alpha value is -1.46. The van der Waals surface area contributed by atoms with Crippen molar-refractivity contribution in [2.45, 2.75) is 25.2 Å². The second-order valence-corrected chi connectivity index (χ2v) is 5.60. The number of hydrogen-bond acceptors (Lipinski definition) is 4. The number of nitrogens with zero attached hydrogens (tertiary/aromatic N) is 2. The van der Waals surface area contributed by atoms with Crippen LogP contribution in [0.15, 0.2) is 29.9 Å². The summed E-state index contributed by atoms with van der Waals surface area (Å²) in [6.07, 6.45) is 5.66. The van der Waals surface area contributed by atoms with Crippen LogP contribution in [0.5, 0.6) is 0 Å². The van der Waals surface area contributed by atoms with Gasteiger partial charge in [0.25, 0.3) is 0 Å². The molecule has 0 saturated heterocycles. The smallest absolute Gasteiger partial charge is 0.312 e. The summed E-state index contributed by atoms with van der Waals surface area (Å²) in [5, 5.41) is 11.0. The third-order valence-corrected chi connectivity index (χ3v) is 3.85. The van der Waals surface area contributed by atoms with Crippen molar-refractivity contribution in [1.29, 1.82) is 0 Å². The maximum atomic E-state index is 11.3. The van der Waals surface area contributed by atoms with Gasteiger partial charge in [-0.3, -0.25) is 9.78 Å². The molecule has 0 fully saturated rings. The Balaban J connectivity index is 1.93. The Morgan fingerprint density at radius 1 is 1.42 bits per heavy atom. The Bertz CT molecular complexity index is 545. The molecule has 6 heteroatoms. The summed E-state index contributed by atoms with van der Waals surface area (Å²) in [5.74, 6) is -1.43. The summed E-state index contributed by atoms with van der Waals surface area (Å²) in [7, 11) is 0. The van der Waals surface area contributed by atoms with E-state index in [1.54, 1.807) is 17.8 Å². The number of pyridine rings is 1. The number of thiazole rings is 1. The summed E-state index contributed by atoms with van der Waals surface area (Å²) < 4.78 is 0.385. The zero-order valence-electron chi connectivity index (χ0n) is 10.1. The van der Waals surface area contributed by atoms with Gasteiger partial charge in [-0.25, -0.2) is 4.98 Å². The summed E-state index contributed by atoms with van der Waals surface area (Å²) in [6, 6.07) is 3.88. The maximum absolute atomic E-state index is 11.3. The van der Waals surface area contributed by atoms with Crippen LogP contribution in [0.2, 0.25) is 4.47 Å². The van der Waals surface area contributed by atoms with Gasteiger partial charge >= 0.3 is 5.97 Å². The van der Waals surface area contributed by atoms with Crippen LogP contribution in [0.4, 0.5) is 0 Å². The van der Waals surface area contributed by atoms with Gasteiger partial charge < -0.3 is 5.11 Å². The molecule has 0 aliphatic carbocycles. The lowest BCUT2D eigenvalue weighted by Crippen LogP contribution is -2.12. The normalized spacial score (nSPS) is 12.3. The van der Waals surface area contributed by atoms with Gasteiger partial charge in [0.15, 0.2) is 4.47 Å². The molecule has 1 atom stereocenters. The molecule has 4 nitrogen and oxygen atoms in total. The molecule has 0 aliphatic heterocycles. The molecule has 0 radical (unpaired) electrons. The van der Waals surface area contributed by atoms with Crippen molar-refractivity contribution >= 4 is 28.9 Å². The van der Waals surface area contributed by atoms with Crippen LogP contribution >= 0.6 is 22.9 Å². The lowest BCUT2D eigenvalue weighted by atomic mass is 9.98. The largest absolute Gasteiger partial charge is 0.481 e. The quantitative estimate of drug-likeness (QED) is 0.887. The first-order chi connectivity index (χ1) is 9.16. The van der Waals surface area contributed by atoms with E-state index in [4.69, 9.17) is 11.6 Å².